The summed E-state index contributed by atoms with van der Waals surface area (Å²) in [6.45, 7) is 11.3. The molecule has 0 aliphatic carbocycles. The molecule has 0 bridgehead atoms. The van der Waals surface area contributed by atoms with Crippen LogP contribution in [-0.4, -0.2) is 24.0 Å². The third kappa shape index (κ3) is 2.72. The number of hydrogen-bond donors (Lipinski definition) is 1. The molecule has 1 aromatic heterocycles. The Morgan fingerprint density at radius 3 is 2.71 bits per heavy atom. The van der Waals surface area contributed by atoms with Gasteiger partial charge in [0.25, 0.3) is 0 Å². The van der Waals surface area contributed by atoms with Gasteiger partial charge in [-0.2, -0.15) is 0 Å². The summed E-state index contributed by atoms with van der Waals surface area (Å²) in [5.41, 5.74) is 7.60. The molecule has 1 aromatic rings. The minimum atomic E-state index is 0.392. The Labute approximate surface area is 109 Å². The summed E-state index contributed by atoms with van der Waals surface area (Å²) in [4.78, 5) is 5.48. The van der Waals surface area contributed by atoms with Gasteiger partial charge in [0.15, 0.2) is 0 Å². The lowest BCUT2D eigenvalue weighted by Gasteiger charge is -2.38. The Morgan fingerprint density at radius 2 is 2.18 bits per heavy atom. The van der Waals surface area contributed by atoms with E-state index in [2.05, 4.69) is 38.7 Å². The molecule has 96 valence electrons. The van der Waals surface area contributed by atoms with Crippen molar-refractivity contribution >= 4 is 11.3 Å². The standard InChI is InChI=1S/C14H24N2S/c1-9-8-16(6-5-14(9)15)11(3)13-7-10(2)17-12(13)4/h7,9,11,14H,5-6,8,15H2,1-4H3. The molecule has 3 unspecified atom stereocenters. The highest BCUT2D eigenvalue weighted by Gasteiger charge is 2.27. The second-order valence-electron chi connectivity index (χ2n) is 5.47. The van der Waals surface area contributed by atoms with Gasteiger partial charge in [-0.3, -0.25) is 4.90 Å². The maximum absolute atomic E-state index is 6.09. The maximum atomic E-state index is 6.09. The van der Waals surface area contributed by atoms with E-state index in [1.165, 1.54) is 15.3 Å². The molecule has 3 atom stereocenters. The van der Waals surface area contributed by atoms with Gasteiger partial charge in [0.1, 0.15) is 0 Å². The van der Waals surface area contributed by atoms with Crippen molar-refractivity contribution in [2.24, 2.45) is 11.7 Å². The first-order valence-electron chi connectivity index (χ1n) is 6.55. The van der Waals surface area contributed by atoms with Crippen LogP contribution in [0, 0.1) is 19.8 Å². The fourth-order valence-electron chi connectivity index (χ4n) is 2.81. The second kappa shape index (κ2) is 5.09. The fraction of sp³-hybridized carbons (Fsp3) is 0.714. The van der Waals surface area contributed by atoms with Crippen LogP contribution in [0.1, 0.15) is 41.6 Å². The van der Waals surface area contributed by atoms with Crippen molar-refractivity contribution in [3.05, 3.63) is 21.4 Å². The molecule has 1 saturated heterocycles. The van der Waals surface area contributed by atoms with Crippen molar-refractivity contribution in [1.29, 1.82) is 0 Å². The average Bonchev–Trinajstić information content (AvgIpc) is 2.61. The average molecular weight is 252 g/mol. The molecule has 17 heavy (non-hydrogen) atoms. The predicted molar refractivity (Wildman–Crippen MR) is 75.5 cm³/mol. The van der Waals surface area contributed by atoms with E-state index >= 15 is 0 Å². The number of likely N-dealkylation sites (tertiary alicyclic amines) is 1. The van der Waals surface area contributed by atoms with Crippen LogP contribution < -0.4 is 5.73 Å². The molecule has 1 fully saturated rings. The monoisotopic (exact) mass is 252 g/mol. The smallest absolute Gasteiger partial charge is 0.0331 e. The van der Waals surface area contributed by atoms with E-state index < -0.39 is 0 Å². The summed E-state index contributed by atoms with van der Waals surface area (Å²) in [6, 6.07) is 3.28. The zero-order valence-corrected chi connectivity index (χ0v) is 12.2. The zero-order chi connectivity index (χ0) is 12.6. The van der Waals surface area contributed by atoms with Gasteiger partial charge in [0.2, 0.25) is 0 Å². The molecule has 2 rings (SSSR count). The van der Waals surface area contributed by atoms with Gasteiger partial charge in [-0.25, -0.2) is 0 Å². The Hall–Kier alpha value is -0.380. The molecular weight excluding hydrogens is 228 g/mol. The summed E-state index contributed by atoms with van der Waals surface area (Å²) < 4.78 is 0. The summed E-state index contributed by atoms with van der Waals surface area (Å²) >= 11 is 1.91. The number of rotatable bonds is 2. The van der Waals surface area contributed by atoms with Crippen molar-refractivity contribution in [2.75, 3.05) is 13.1 Å². The highest BCUT2D eigenvalue weighted by Crippen LogP contribution is 2.32. The van der Waals surface area contributed by atoms with Crippen molar-refractivity contribution in [1.82, 2.24) is 4.90 Å². The van der Waals surface area contributed by atoms with Gasteiger partial charge < -0.3 is 5.73 Å². The molecule has 1 aliphatic heterocycles. The van der Waals surface area contributed by atoms with Gasteiger partial charge >= 0.3 is 0 Å². The van der Waals surface area contributed by atoms with E-state index in [4.69, 9.17) is 5.73 Å². The third-order valence-corrected chi connectivity index (χ3v) is 5.06. The zero-order valence-electron chi connectivity index (χ0n) is 11.4. The Bertz CT molecular complexity index is 386. The molecule has 2 N–H and O–H groups in total. The highest BCUT2D eigenvalue weighted by atomic mass is 32.1. The first kappa shape index (κ1) is 13.1. The Morgan fingerprint density at radius 1 is 1.47 bits per heavy atom. The van der Waals surface area contributed by atoms with Crippen molar-refractivity contribution < 1.29 is 0 Å². The Kier molecular flexibility index (Phi) is 3.91. The molecule has 2 heterocycles. The number of thiophene rings is 1. The van der Waals surface area contributed by atoms with Crippen LogP contribution >= 0.6 is 11.3 Å². The normalized spacial score (nSPS) is 28.3. The molecule has 3 heteroatoms. The van der Waals surface area contributed by atoms with Crippen LogP contribution in [0.4, 0.5) is 0 Å². The maximum Gasteiger partial charge on any atom is 0.0331 e. The first-order chi connectivity index (χ1) is 7.99. The highest BCUT2D eigenvalue weighted by molar-refractivity contribution is 7.12. The van der Waals surface area contributed by atoms with E-state index in [0.717, 1.165) is 19.5 Å². The van der Waals surface area contributed by atoms with Crippen LogP contribution in [0.3, 0.4) is 0 Å². The predicted octanol–water partition coefficient (Wildman–Crippen LogP) is 3.10. The van der Waals surface area contributed by atoms with Gasteiger partial charge in [0, 0.05) is 34.9 Å². The summed E-state index contributed by atoms with van der Waals surface area (Å²) in [6.07, 6.45) is 1.13. The molecule has 0 spiro atoms. The lowest BCUT2D eigenvalue weighted by Crippen LogP contribution is -2.46. The van der Waals surface area contributed by atoms with Gasteiger partial charge in [-0.15, -0.1) is 11.3 Å². The lowest BCUT2D eigenvalue weighted by atomic mass is 9.93. The van der Waals surface area contributed by atoms with Crippen LogP contribution in [0.15, 0.2) is 6.07 Å². The van der Waals surface area contributed by atoms with E-state index in [0.29, 0.717) is 18.0 Å². The number of nitrogens with zero attached hydrogens (tertiary/aromatic N) is 1. The molecule has 2 nitrogen and oxygen atoms in total. The van der Waals surface area contributed by atoms with Crippen LogP contribution in [0.25, 0.3) is 0 Å². The number of nitrogens with two attached hydrogens (primary N) is 1. The van der Waals surface area contributed by atoms with E-state index in [-0.39, 0.29) is 0 Å². The third-order valence-electron chi connectivity index (χ3n) is 4.08. The van der Waals surface area contributed by atoms with Crippen LogP contribution in [0.5, 0.6) is 0 Å². The van der Waals surface area contributed by atoms with Crippen molar-refractivity contribution in [2.45, 2.75) is 46.2 Å². The quantitative estimate of drug-likeness (QED) is 0.876. The summed E-state index contributed by atoms with van der Waals surface area (Å²) in [5.74, 6) is 0.617. The Balaban J connectivity index is 2.10. The molecule has 0 aromatic carbocycles. The SMILES string of the molecule is Cc1cc(C(C)N2CCC(N)C(C)C2)c(C)s1. The largest absolute Gasteiger partial charge is 0.327 e. The molecule has 0 radical (unpaired) electrons. The minimum Gasteiger partial charge on any atom is -0.327 e. The van der Waals surface area contributed by atoms with Crippen LogP contribution in [-0.2, 0) is 0 Å². The topological polar surface area (TPSA) is 29.3 Å². The number of hydrogen-bond acceptors (Lipinski definition) is 3. The van der Waals surface area contributed by atoms with E-state index in [9.17, 15) is 0 Å². The van der Waals surface area contributed by atoms with E-state index in [1.54, 1.807) is 0 Å². The van der Waals surface area contributed by atoms with Crippen LogP contribution in [0.2, 0.25) is 0 Å². The van der Waals surface area contributed by atoms with Gasteiger partial charge in [0.05, 0.1) is 0 Å². The minimum absolute atomic E-state index is 0.392. The van der Waals surface area contributed by atoms with Crippen molar-refractivity contribution in [3.8, 4) is 0 Å². The first-order valence-corrected chi connectivity index (χ1v) is 7.37. The molecular formula is C14H24N2S. The number of piperidine rings is 1. The fourth-order valence-corrected chi connectivity index (χ4v) is 3.83. The summed E-state index contributed by atoms with van der Waals surface area (Å²) in [7, 11) is 0. The van der Waals surface area contributed by atoms with Gasteiger partial charge in [-0.1, -0.05) is 6.92 Å². The molecule has 0 saturated carbocycles. The van der Waals surface area contributed by atoms with Gasteiger partial charge in [-0.05, 0) is 44.7 Å². The second-order valence-corrected chi connectivity index (χ2v) is 6.93. The lowest BCUT2D eigenvalue weighted by molar-refractivity contribution is 0.124. The van der Waals surface area contributed by atoms with Crippen molar-refractivity contribution in [3.63, 3.8) is 0 Å². The molecule has 0 amide bonds. The number of aryl methyl sites for hydroxylation is 2. The van der Waals surface area contributed by atoms with E-state index in [1.807, 2.05) is 11.3 Å². The molecule has 1 aliphatic rings. The summed E-state index contributed by atoms with van der Waals surface area (Å²) in [5, 5.41) is 0.